The van der Waals surface area contributed by atoms with Crippen LogP contribution in [0.4, 0.5) is 0 Å². The fourth-order valence-electron chi connectivity index (χ4n) is 2.01. The van der Waals surface area contributed by atoms with Crippen LogP contribution in [0.2, 0.25) is 18.1 Å². The number of hydrogen-bond donors (Lipinski definition) is 2. The van der Waals surface area contributed by atoms with Crippen molar-refractivity contribution in [3.63, 3.8) is 0 Å². The average molecular weight is 266 g/mol. The van der Waals surface area contributed by atoms with Gasteiger partial charge in [0.25, 0.3) is 0 Å². The van der Waals surface area contributed by atoms with Crippen LogP contribution in [0.15, 0.2) is 24.3 Å². The number of benzene rings is 1. The minimum absolute atomic E-state index is 0.0263. The van der Waals surface area contributed by atoms with Crippen molar-refractivity contribution in [3.8, 4) is 5.75 Å². The van der Waals surface area contributed by atoms with Crippen molar-refractivity contribution in [2.24, 2.45) is 0 Å². The molecule has 0 aliphatic heterocycles. The van der Waals surface area contributed by atoms with Crippen molar-refractivity contribution >= 4 is 14.0 Å². The lowest BCUT2D eigenvalue weighted by molar-refractivity contribution is -0.137. The van der Waals surface area contributed by atoms with E-state index in [9.17, 15) is 15.0 Å². The Bertz CT molecular complexity index is 447. The third-order valence-electron chi connectivity index (χ3n) is 4.11. The van der Waals surface area contributed by atoms with Crippen LogP contribution in [0.25, 0.3) is 0 Å². The molecular weight excluding hydrogens is 244 g/mol. The molecule has 1 unspecified atom stereocenters. The normalized spacial score (nSPS) is 14.3. The van der Waals surface area contributed by atoms with Gasteiger partial charge in [-0.1, -0.05) is 46.0 Å². The molecule has 3 nitrogen and oxygen atoms in total. The van der Waals surface area contributed by atoms with Crippen LogP contribution >= 0.6 is 0 Å². The third-order valence-corrected chi connectivity index (χ3v) is 9.99. The first-order chi connectivity index (χ1) is 8.07. The monoisotopic (exact) mass is 266 g/mol. The molecule has 0 bridgehead atoms. The quantitative estimate of drug-likeness (QED) is 0.822. The zero-order valence-corrected chi connectivity index (χ0v) is 12.7. The topological polar surface area (TPSA) is 57.5 Å². The van der Waals surface area contributed by atoms with Crippen molar-refractivity contribution < 1.29 is 15.0 Å². The van der Waals surface area contributed by atoms with Crippen molar-refractivity contribution in [2.45, 2.75) is 44.4 Å². The summed E-state index contributed by atoms with van der Waals surface area (Å²) in [5.74, 6) is -0.676. The molecule has 0 saturated carbocycles. The minimum atomic E-state index is -2.07. The fraction of sp³-hybridized carbons (Fsp3) is 0.500. The van der Waals surface area contributed by atoms with E-state index in [1.807, 2.05) is 0 Å². The van der Waals surface area contributed by atoms with Gasteiger partial charge in [-0.05, 0) is 22.7 Å². The van der Waals surface area contributed by atoms with Gasteiger partial charge < -0.3 is 10.2 Å². The predicted molar refractivity (Wildman–Crippen MR) is 75.7 cm³/mol. The van der Waals surface area contributed by atoms with Crippen molar-refractivity contribution in [2.75, 3.05) is 0 Å². The van der Waals surface area contributed by atoms with E-state index in [1.165, 1.54) is 0 Å². The molecule has 1 aromatic carbocycles. The van der Waals surface area contributed by atoms with Crippen molar-refractivity contribution in [1.29, 1.82) is 0 Å². The maximum Gasteiger partial charge on any atom is 0.308 e. The first-order valence-electron chi connectivity index (χ1n) is 6.09. The summed E-state index contributed by atoms with van der Waals surface area (Å²) in [5, 5.41) is 19.1. The van der Waals surface area contributed by atoms with Gasteiger partial charge in [0, 0.05) is 0 Å². The third kappa shape index (κ3) is 2.75. The molecule has 0 spiro atoms. The van der Waals surface area contributed by atoms with Crippen LogP contribution in [0.5, 0.6) is 5.75 Å². The van der Waals surface area contributed by atoms with E-state index in [4.69, 9.17) is 0 Å². The number of phenolic OH excluding ortho intramolecular Hbond substituents is 1. The van der Waals surface area contributed by atoms with E-state index in [0.717, 1.165) is 0 Å². The van der Waals surface area contributed by atoms with Crippen LogP contribution in [-0.2, 0) is 4.79 Å². The Hall–Kier alpha value is -1.29. The SMILES string of the molecule is CC(C)(C)[Si](C)(C)C(C(=O)O)c1cccc(O)c1. The Balaban J connectivity index is 3.32. The largest absolute Gasteiger partial charge is 0.508 e. The van der Waals surface area contributed by atoms with Gasteiger partial charge in [0.05, 0.1) is 13.6 Å². The Morgan fingerprint density at radius 1 is 1.28 bits per heavy atom. The highest BCUT2D eigenvalue weighted by atomic mass is 28.3. The van der Waals surface area contributed by atoms with Gasteiger partial charge in [-0.25, -0.2) is 0 Å². The summed E-state index contributed by atoms with van der Waals surface area (Å²) in [6.45, 7) is 10.5. The number of carboxylic acids is 1. The van der Waals surface area contributed by atoms with Gasteiger partial charge >= 0.3 is 5.97 Å². The Morgan fingerprint density at radius 2 is 1.83 bits per heavy atom. The fourth-order valence-corrected chi connectivity index (χ4v) is 4.50. The second-order valence-corrected chi connectivity index (χ2v) is 11.9. The second-order valence-electron chi connectivity index (χ2n) is 6.34. The van der Waals surface area contributed by atoms with E-state index < -0.39 is 19.6 Å². The number of phenols is 1. The standard InChI is InChI=1S/C14H22O3Si/c1-14(2,3)18(4,5)12(13(16)17)10-7-6-8-11(15)9-10/h6-9,12,15H,1-5H3,(H,16,17). The summed E-state index contributed by atoms with van der Waals surface area (Å²) in [7, 11) is -2.07. The van der Waals surface area contributed by atoms with E-state index in [-0.39, 0.29) is 10.8 Å². The van der Waals surface area contributed by atoms with Crippen LogP contribution in [-0.4, -0.2) is 24.3 Å². The van der Waals surface area contributed by atoms with E-state index in [2.05, 4.69) is 33.9 Å². The second kappa shape index (κ2) is 4.76. The Kier molecular flexibility index (Phi) is 3.91. The number of hydrogen-bond acceptors (Lipinski definition) is 2. The molecule has 0 radical (unpaired) electrons. The first kappa shape index (κ1) is 14.8. The van der Waals surface area contributed by atoms with E-state index >= 15 is 0 Å². The number of rotatable bonds is 3. The summed E-state index contributed by atoms with van der Waals surface area (Å²) >= 11 is 0. The summed E-state index contributed by atoms with van der Waals surface area (Å²) in [5.41, 5.74) is 0.193. The Labute approximate surface area is 109 Å². The van der Waals surface area contributed by atoms with Gasteiger partial charge in [-0.2, -0.15) is 0 Å². The smallest absolute Gasteiger partial charge is 0.308 e. The highest BCUT2D eigenvalue weighted by Crippen LogP contribution is 2.45. The van der Waals surface area contributed by atoms with Gasteiger partial charge in [-0.3, -0.25) is 4.79 Å². The van der Waals surface area contributed by atoms with Gasteiger partial charge in [0.2, 0.25) is 0 Å². The van der Waals surface area contributed by atoms with Gasteiger partial charge in [0.15, 0.2) is 0 Å². The lowest BCUT2D eigenvalue weighted by atomic mass is 10.1. The zero-order chi connectivity index (χ0) is 14.1. The highest BCUT2D eigenvalue weighted by Gasteiger charge is 2.46. The molecule has 0 aromatic heterocycles. The molecule has 0 aliphatic carbocycles. The molecule has 1 rings (SSSR count). The highest BCUT2D eigenvalue weighted by molar-refractivity contribution is 6.84. The summed E-state index contributed by atoms with van der Waals surface area (Å²) in [6, 6.07) is 6.63. The number of carbonyl (C=O) groups is 1. The molecule has 0 heterocycles. The average Bonchev–Trinajstić information content (AvgIpc) is 2.14. The molecular formula is C14H22O3Si. The van der Waals surface area contributed by atoms with Crippen molar-refractivity contribution in [1.82, 2.24) is 0 Å². The molecule has 1 aromatic rings. The minimum Gasteiger partial charge on any atom is -0.508 e. The predicted octanol–water partition coefficient (Wildman–Crippen LogP) is 3.61. The number of aliphatic carboxylic acids is 1. The van der Waals surface area contributed by atoms with Crippen LogP contribution in [0.1, 0.15) is 31.9 Å². The maximum absolute atomic E-state index is 11.7. The Morgan fingerprint density at radius 3 is 2.22 bits per heavy atom. The van der Waals surface area contributed by atoms with E-state index in [1.54, 1.807) is 24.3 Å². The summed E-state index contributed by atoms with van der Waals surface area (Å²) < 4.78 is 0. The number of carboxylic acid groups (broad SMARTS) is 1. The van der Waals surface area contributed by atoms with Crippen molar-refractivity contribution in [3.05, 3.63) is 29.8 Å². The lowest BCUT2D eigenvalue weighted by Gasteiger charge is -2.41. The molecule has 2 N–H and O–H groups in total. The molecule has 4 heteroatoms. The van der Waals surface area contributed by atoms with Gasteiger partial charge in [-0.15, -0.1) is 0 Å². The summed E-state index contributed by atoms with van der Waals surface area (Å²) in [6.07, 6.45) is 0. The molecule has 1 atom stereocenters. The molecule has 0 aliphatic rings. The van der Waals surface area contributed by atoms with Crippen LogP contribution in [0, 0.1) is 0 Å². The van der Waals surface area contributed by atoms with Gasteiger partial charge in [0.1, 0.15) is 5.75 Å². The molecule has 0 saturated heterocycles. The molecule has 0 amide bonds. The maximum atomic E-state index is 11.7. The molecule has 18 heavy (non-hydrogen) atoms. The summed E-state index contributed by atoms with van der Waals surface area (Å²) in [4.78, 5) is 11.7. The van der Waals surface area contributed by atoms with Crippen LogP contribution < -0.4 is 0 Å². The number of aromatic hydroxyl groups is 1. The first-order valence-corrected chi connectivity index (χ1v) is 9.17. The molecule has 100 valence electrons. The zero-order valence-electron chi connectivity index (χ0n) is 11.7. The molecule has 0 fully saturated rings. The lowest BCUT2D eigenvalue weighted by Crippen LogP contribution is -2.47. The van der Waals surface area contributed by atoms with E-state index in [0.29, 0.717) is 5.56 Å². The van der Waals surface area contributed by atoms with Crippen LogP contribution in [0.3, 0.4) is 0 Å².